The van der Waals surface area contributed by atoms with Crippen molar-refractivity contribution in [2.24, 2.45) is 0 Å². The summed E-state index contributed by atoms with van der Waals surface area (Å²) in [6.45, 7) is 3.42. The average molecular weight is 305 g/mol. The molecule has 1 aromatic carbocycles. The summed E-state index contributed by atoms with van der Waals surface area (Å²) in [5.41, 5.74) is 0.781. The molecule has 1 saturated heterocycles. The van der Waals surface area contributed by atoms with E-state index in [1.54, 1.807) is 23.8 Å². The van der Waals surface area contributed by atoms with Crippen LogP contribution < -0.4 is 5.32 Å². The Balaban J connectivity index is 1.83. The first-order valence-electron chi connectivity index (χ1n) is 7.62. The van der Waals surface area contributed by atoms with Gasteiger partial charge in [0.2, 0.25) is 0 Å². The molecule has 1 aliphatic heterocycles. The van der Waals surface area contributed by atoms with E-state index in [2.05, 4.69) is 5.32 Å². The maximum atomic E-state index is 12.2. The topological polar surface area (TPSA) is 61.9 Å². The summed E-state index contributed by atoms with van der Waals surface area (Å²) in [4.78, 5) is 27.3. The zero-order valence-corrected chi connectivity index (χ0v) is 13.1. The second kappa shape index (κ2) is 7.68. The third-order valence-corrected chi connectivity index (χ3v) is 3.88. The van der Waals surface area contributed by atoms with Gasteiger partial charge in [-0.25, -0.2) is 9.59 Å². The monoisotopic (exact) mass is 305 g/mol. The molecule has 1 heterocycles. The molecule has 1 N–H and O–H groups in total. The smallest absolute Gasteiger partial charge is 0.409 e. The van der Waals surface area contributed by atoms with Crippen LogP contribution in [-0.4, -0.2) is 54.7 Å². The lowest BCUT2D eigenvalue weighted by atomic mass is 10.0. The largest absolute Gasteiger partial charge is 0.450 e. The standard InChI is InChI=1S/C16H23N3O3/c1-3-22-16(21)19-11-9-14(10-12-19)18(2)15(20)17-13-7-5-4-6-8-13/h4-8,14H,3,9-12H2,1-2H3,(H,17,20). The van der Waals surface area contributed by atoms with E-state index in [1.165, 1.54) is 0 Å². The number of likely N-dealkylation sites (tertiary alicyclic amines) is 1. The highest BCUT2D eigenvalue weighted by Gasteiger charge is 2.28. The number of para-hydroxylation sites is 1. The van der Waals surface area contributed by atoms with Crippen LogP contribution in [-0.2, 0) is 4.74 Å². The summed E-state index contributed by atoms with van der Waals surface area (Å²) >= 11 is 0. The molecule has 0 aromatic heterocycles. The van der Waals surface area contributed by atoms with Gasteiger partial charge in [-0.3, -0.25) is 0 Å². The van der Waals surface area contributed by atoms with E-state index in [-0.39, 0.29) is 18.2 Å². The second-order valence-corrected chi connectivity index (χ2v) is 5.32. The maximum Gasteiger partial charge on any atom is 0.409 e. The highest BCUT2D eigenvalue weighted by molar-refractivity contribution is 5.89. The molecule has 0 radical (unpaired) electrons. The molecule has 1 aliphatic rings. The van der Waals surface area contributed by atoms with E-state index in [9.17, 15) is 9.59 Å². The third-order valence-electron chi connectivity index (χ3n) is 3.88. The summed E-state index contributed by atoms with van der Waals surface area (Å²) in [5.74, 6) is 0. The molecule has 0 bridgehead atoms. The first kappa shape index (κ1) is 16.1. The van der Waals surface area contributed by atoms with Crippen molar-refractivity contribution in [1.29, 1.82) is 0 Å². The van der Waals surface area contributed by atoms with Gasteiger partial charge in [0.25, 0.3) is 0 Å². The number of hydrogen-bond acceptors (Lipinski definition) is 3. The molecule has 0 atom stereocenters. The summed E-state index contributed by atoms with van der Waals surface area (Å²) in [6, 6.07) is 9.39. The first-order chi connectivity index (χ1) is 10.6. The van der Waals surface area contributed by atoms with E-state index < -0.39 is 0 Å². The van der Waals surface area contributed by atoms with Crippen LogP contribution in [0.5, 0.6) is 0 Å². The molecule has 1 fully saturated rings. The molecular weight excluding hydrogens is 282 g/mol. The summed E-state index contributed by atoms with van der Waals surface area (Å²) in [7, 11) is 1.79. The number of piperidine rings is 1. The fourth-order valence-electron chi connectivity index (χ4n) is 2.55. The van der Waals surface area contributed by atoms with Crippen molar-refractivity contribution in [2.75, 3.05) is 32.1 Å². The van der Waals surface area contributed by atoms with Gasteiger partial charge in [-0.15, -0.1) is 0 Å². The number of nitrogens with zero attached hydrogens (tertiary/aromatic N) is 2. The van der Waals surface area contributed by atoms with Gasteiger partial charge >= 0.3 is 12.1 Å². The van der Waals surface area contributed by atoms with Gasteiger partial charge in [-0.1, -0.05) is 18.2 Å². The lowest BCUT2D eigenvalue weighted by Crippen LogP contribution is -2.48. The molecule has 22 heavy (non-hydrogen) atoms. The second-order valence-electron chi connectivity index (χ2n) is 5.32. The van der Waals surface area contributed by atoms with Gasteiger partial charge in [0, 0.05) is 31.9 Å². The number of carbonyl (C=O) groups excluding carboxylic acids is 2. The van der Waals surface area contributed by atoms with E-state index >= 15 is 0 Å². The molecule has 6 nitrogen and oxygen atoms in total. The van der Waals surface area contributed by atoms with Crippen LogP contribution in [0.2, 0.25) is 0 Å². The maximum absolute atomic E-state index is 12.2. The van der Waals surface area contributed by atoms with Gasteiger partial charge in [0.1, 0.15) is 0 Å². The van der Waals surface area contributed by atoms with Crippen molar-refractivity contribution < 1.29 is 14.3 Å². The summed E-state index contributed by atoms with van der Waals surface area (Å²) in [5, 5.41) is 2.88. The lowest BCUT2D eigenvalue weighted by Gasteiger charge is -2.36. The number of hydrogen-bond donors (Lipinski definition) is 1. The molecule has 0 aliphatic carbocycles. The predicted molar refractivity (Wildman–Crippen MR) is 84.8 cm³/mol. The molecule has 0 saturated carbocycles. The average Bonchev–Trinajstić information content (AvgIpc) is 2.55. The number of benzene rings is 1. The zero-order valence-electron chi connectivity index (χ0n) is 13.1. The normalized spacial score (nSPS) is 15.3. The van der Waals surface area contributed by atoms with Crippen molar-refractivity contribution in [3.05, 3.63) is 30.3 Å². The number of urea groups is 1. The molecule has 0 spiro atoms. The predicted octanol–water partition coefficient (Wildman–Crippen LogP) is 2.77. The number of ether oxygens (including phenoxy) is 1. The van der Waals surface area contributed by atoms with Gasteiger partial charge in [0.05, 0.1) is 6.61 Å². The summed E-state index contributed by atoms with van der Waals surface area (Å²) < 4.78 is 5.00. The molecule has 3 amide bonds. The molecule has 6 heteroatoms. The molecule has 1 aromatic rings. The molecule has 120 valence electrons. The van der Waals surface area contributed by atoms with Crippen LogP contribution >= 0.6 is 0 Å². The Hall–Kier alpha value is -2.24. The Morgan fingerprint density at radius 1 is 1.27 bits per heavy atom. The fraction of sp³-hybridized carbons (Fsp3) is 0.500. The Morgan fingerprint density at radius 3 is 2.50 bits per heavy atom. The number of anilines is 1. The van der Waals surface area contributed by atoms with Crippen molar-refractivity contribution >= 4 is 17.8 Å². The highest BCUT2D eigenvalue weighted by Crippen LogP contribution is 2.17. The van der Waals surface area contributed by atoms with Gasteiger partial charge in [-0.2, -0.15) is 0 Å². The van der Waals surface area contributed by atoms with E-state index in [1.807, 2.05) is 30.3 Å². The fourth-order valence-corrected chi connectivity index (χ4v) is 2.55. The van der Waals surface area contributed by atoms with Gasteiger partial charge in [0.15, 0.2) is 0 Å². The van der Waals surface area contributed by atoms with Gasteiger partial charge in [-0.05, 0) is 31.9 Å². The number of carbonyl (C=O) groups is 2. The Kier molecular flexibility index (Phi) is 5.63. The Labute approximate surface area is 131 Å². The van der Waals surface area contributed by atoms with Crippen molar-refractivity contribution in [3.8, 4) is 0 Å². The zero-order chi connectivity index (χ0) is 15.9. The quantitative estimate of drug-likeness (QED) is 0.934. The van der Waals surface area contributed by atoms with Crippen LogP contribution in [0.25, 0.3) is 0 Å². The molecule has 0 unspecified atom stereocenters. The van der Waals surface area contributed by atoms with E-state index in [0.717, 1.165) is 18.5 Å². The van der Waals surface area contributed by atoms with Crippen LogP contribution in [0.3, 0.4) is 0 Å². The van der Waals surface area contributed by atoms with E-state index in [4.69, 9.17) is 4.74 Å². The van der Waals surface area contributed by atoms with Crippen molar-refractivity contribution in [2.45, 2.75) is 25.8 Å². The van der Waals surface area contributed by atoms with E-state index in [0.29, 0.717) is 19.7 Å². The summed E-state index contributed by atoms with van der Waals surface area (Å²) in [6.07, 6.45) is 1.26. The van der Waals surface area contributed by atoms with Crippen LogP contribution in [0.4, 0.5) is 15.3 Å². The minimum absolute atomic E-state index is 0.124. The lowest BCUT2D eigenvalue weighted by molar-refractivity contribution is 0.0864. The first-order valence-corrected chi connectivity index (χ1v) is 7.62. The Morgan fingerprint density at radius 2 is 1.91 bits per heavy atom. The molecular formula is C16H23N3O3. The number of rotatable bonds is 3. The third kappa shape index (κ3) is 4.13. The van der Waals surface area contributed by atoms with Crippen LogP contribution in [0.1, 0.15) is 19.8 Å². The number of amides is 3. The van der Waals surface area contributed by atoms with Crippen molar-refractivity contribution in [3.63, 3.8) is 0 Å². The minimum atomic E-state index is -0.266. The SMILES string of the molecule is CCOC(=O)N1CCC(N(C)C(=O)Nc2ccccc2)CC1. The highest BCUT2D eigenvalue weighted by atomic mass is 16.6. The Bertz CT molecular complexity index is 499. The van der Waals surface area contributed by atoms with Crippen LogP contribution in [0.15, 0.2) is 30.3 Å². The minimum Gasteiger partial charge on any atom is -0.450 e. The van der Waals surface area contributed by atoms with Crippen LogP contribution in [0, 0.1) is 0 Å². The van der Waals surface area contributed by atoms with Crippen molar-refractivity contribution in [1.82, 2.24) is 9.80 Å². The number of nitrogens with one attached hydrogen (secondary N) is 1. The molecule has 2 rings (SSSR count). The van der Waals surface area contributed by atoms with Gasteiger partial charge < -0.3 is 19.9 Å².